The first-order valence-electron chi connectivity index (χ1n) is 9.50. The van der Waals surface area contributed by atoms with Crippen LogP contribution in [0, 0.1) is 6.92 Å². The van der Waals surface area contributed by atoms with Gasteiger partial charge in [0.25, 0.3) is 0 Å². The van der Waals surface area contributed by atoms with Gasteiger partial charge >= 0.3 is 0 Å². The summed E-state index contributed by atoms with van der Waals surface area (Å²) >= 11 is 0. The molecular formula is C22H25N5O3. The zero-order valence-electron chi connectivity index (χ0n) is 17.3. The van der Waals surface area contributed by atoms with Crippen LogP contribution < -0.4 is 20.1 Å². The number of aryl methyl sites for hydroxylation is 1. The molecule has 0 saturated heterocycles. The smallest absolute Gasteiger partial charge is 0.244 e. The summed E-state index contributed by atoms with van der Waals surface area (Å²) in [6, 6.07) is 11.2. The molecule has 8 nitrogen and oxygen atoms in total. The summed E-state index contributed by atoms with van der Waals surface area (Å²) in [5, 5.41) is 6.05. The number of hydrogen-bond acceptors (Lipinski definition) is 6. The SMILES string of the molecule is COc1ccc(/C=C/C(=O)NCCNc2cc(-n3cccc3)nc(C)n2)cc1OC. The second kappa shape index (κ2) is 10.1. The zero-order chi connectivity index (χ0) is 21.3. The highest BCUT2D eigenvalue weighted by atomic mass is 16.5. The normalized spacial score (nSPS) is 10.8. The number of amides is 1. The van der Waals surface area contributed by atoms with Crippen molar-refractivity contribution in [3.63, 3.8) is 0 Å². The summed E-state index contributed by atoms with van der Waals surface area (Å²) in [6.07, 6.45) is 7.06. The van der Waals surface area contributed by atoms with E-state index in [0.29, 0.717) is 36.2 Å². The fourth-order valence-corrected chi connectivity index (χ4v) is 2.83. The van der Waals surface area contributed by atoms with E-state index in [1.54, 1.807) is 26.4 Å². The maximum absolute atomic E-state index is 12.1. The summed E-state index contributed by atoms with van der Waals surface area (Å²) in [5.74, 6) is 3.25. The number of carbonyl (C=O) groups is 1. The third kappa shape index (κ3) is 5.60. The van der Waals surface area contributed by atoms with Gasteiger partial charge in [-0.05, 0) is 42.8 Å². The number of ether oxygens (including phenoxy) is 2. The van der Waals surface area contributed by atoms with Crippen LogP contribution in [-0.2, 0) is 4.79 Å². The first-order valence-corrected chi connectivity index (χ1v) is 9.50. The van der Waals surface area contributed by atoms with E-state index in [0.717, 1.165) is 11.4 Å². The quantitative estimate of drug-likeness (QED) is 0.419. The number of rotatable bonds is 9. The molecule has 8 heteroatoms. The number of anilines is 1. The van der Waals surface area contributed by atoms with E-state index in [-0.39, 0.29) is 5.91 Å². The highest BCUT2D eigenvalue weighted by Gasteiger charge is 2.04. The summed E-state index contributed by atoms with van der Waals surface area (Å²) in [4.78, 5) is 20.9. The maximum Gasteiger partial charge on any atom is 0.244 e. The van der Waals surface area contributed by atoms with E-state index < -0.39 is 0 Å². The van der Waals surface area contributed by atoms with Gasteiger partial charge in [-0.1, -0.05) is 6.07 Å². The molecule has 0 radical (unpaired) electrons. The Kier molecular flexibility index (Phi) is 7.05. The minimum absolute atomic E-state index is 0.182. The van der Waals surface area contributed by atoms with Crippen molar-refractivity contribution >= 4 is 17.8 Å². The molecule has 0 atom stereocenters. The molecule has 1 aromatic carbocycles. The van der Waals surface area contributed by atoms with Crippen molar-refractivity contribution in [1.82, 2.24) is 19.9 Å². The van der Waals surface area contributed by atoms with E-state index in [1.165, 1.54) is 6.08 Å². The lowest BCUT2D eigenvalue weighted by molar-refractivity contribution is -0.116. The molecule has 0 fully saturated rings. The molecule has 3 aromatic rings. The number of aromatic nitrogens is 3. The molecule has 2 aromatic heterocycles. The Morgan fingerprint density at radius 1 is 1.07 bits per heavy atom. The molecule has 0 aliphatic rings. The molecule has 2 heterocycles. The Bertz CT molecular complexity index is 1020. The van der Waals surface area contributed by atoms with Gasteiger partial charge in [0.1, 0.15) is 17.5 Å². The molecule has 0 saturated carbocycles. The molecule has 0 unspecified atom stereocenters. The van der Waals surface area contributed by atoms with Crippen molar-refractivity contribution < 1.29 is 14.3 Å². The second-order valence-corrected chi connectivity index (χ2v) is 6.41. The van der Waals surface area contributed by atoms with Gasteiger partial charge in [-0.15, -0.1) is 0 Å². The minimum atomic E-state index is -0.182. The van der Waals surface area contributed by atoms with Crippen LogP contribution in [-0.4, -0.2) is 47.8 Å². The fourth-order valence-electron chi connectivity index (χ4n) is 2.83. The fraction of sp³-hybridized carbons (Fsp3) is 0.227. The Morgan fingerprint density at radius 3 is 2.57 bits per heavy atom. The Hall–Kier alpha value is -3.81. The lowest BCUT2D eigenvalue weighted by atomic mass is 10.2. The zero-order valence-corrected chi connectivity index (χ0v) is 17.3. The summed E-state index contributed by atoms with van der Waals surface area (Å²) < 4.78 is 12.4. The molecule has 2 N–H and O–H groups in total. The van der Waals surface area contributed by atoms with E-state index in [2.05, 4.69) is 20.6 Å². The van der Waals surface area contributed by atoms with E-state index in [9.17, 15) is 4.79 Å². The highest BCUT2D eigenvalue weighted by Crippen LogP contribution is 2.27. The van der Waals surface area contributed by atoms with Crippen LogP contribution in [0.3, 0.4) is 0 Å². The van der Waals surface area contributed by atoms with Gasteiger partial charge in [0.15, 0.2) is 11.5 Å². The molecule has 0 bridgehead atoms. The van der Waals surface area contributed by atoms with Gasteiger partial charge in [0.05, 0.1) is 14.2 Å². The number of carbonyl (C=O) groups excluding carboxylic acids is 1. The average Bonchev–Trinajstić information content (AvgIpc) is 3.29. The Labute approximate surface area is 175 Å². The molecular weight excluding hydrogens is 382 g/mol. The highest BCUT2D eigenvalue weighted by molar-refractivity contribution is 5.91. The minimum Gasteiger partial charge on any atom is -0.493 e. The van der Waals surface area contributed by atoms with Crippen LogP contribution in [0.25, 0.3) is 11.9 Å². The molecule has 1 amide bonds. The van der Waals surface area contributed by atoms with E-state index in [1.807, 2.05) is 54.2 Å². The average molecular weight is 407 g/mol. The van der Waals surface area contributed by atoms with Gasteiger partial charge in [-0.3, -0.25) is 4.79 Å². The van der Waals surface area contributed by atoms with Crippen LogP contribution in [0.4, 0.5) is 5.82 Å². The van der Waals surface area contributed by atoms with Gasteiger partial charge in [0.2, 0.25) is 5.91 Å². The lowest BCUT2D eigenvalue weighted by Crippen LogP contribution is -2.27. The topological polar surface area (TPSA) is 90.3 Å². The number of nitrogens with zero attached hydrogens (tertiary/aromatic N) is 3. The van der Waals surface area contributed by atoms with E-state index in [4.69, 9.17) is 9.47 Å². The molecule has 30 heavy (non-hydrogen) atoms. The van der Waals surface area contributed by atoms with Crippen LogP contribution in [0.1, 0.15) is 11.4 Å². The first-order chi connectivity index (χ1) is 14.6. The van der Waals surface area contributed by atoms with Gasteiger partial charge in [0, 0.05) is 37.6 Å². The summed E-state index contributed by atoms with van der Waals surface area (Å²) in [7, 11) is 3.16. The van der Waals surface area contributed by atoms with Crippen molar-refractivity contribution in [3.05, 3.63) is 66.3 Å². The molecule has 156 valence electrons. The van der Waals surface area contributed by atoms with Crippen LogP contribution in [0.15, 0.2) is 54.9 Å². The summed E-state index contributed by atoms with van der Waals surface area (Å²) in [5.41, 5.74) is 0.843. The second-order valence-electron chi connectivity index (χ2n) is 6.41. The number of hydrogen-bond donors (Lipinski definition) is 2. The van der Waals surface area contributed by atoms with Gasteiger partial charge < -0.3 is 24.7 Å². The number of methoxy groups -OCH3 is 2. The Morgan fingerprint density at radius 2 is 1.83 bits per heavy atom. The molecule has 0 spiro atoms. The monoisotopic (exact) mass is 407 g/mol. The van der Waals surface area contributed by atoms with Crippen LogP contribution in [0.5, 0.6) is 11.5 Å². The first kappa shape index (κ1) is 20.9. The maximum atomic E-state index is 12.1. The largest absolute Gasteiger partial charge is 0.493 e. The summed E-state index contributed by atoms with van der Waals surface area (Å²) in [6.45, 7) is 2.84. The number of benzene rings is 1. The molecule has 3 rings (SSSR count). The number of nitrogens with one attached hydrogen (secondary N) is 2. The van der Waals surface area contributed by atoms with Crippen LogP contribution >= 0.6 is 0 Å². The third-order valence-electron chi connectivity index (χ3n) is 4.26. The van der Waals surface area contributed by atoms with Crippen LogP contribution in [0.2, 0.25) is 0 Å². The standard InChI is InChI=1S/C22H25N5O3/c1-16-25-20(15-21(26-16)27-12-4-5-13-27)23-10-11-24-22(28)9-7-17-6-8-18(29-2)19(14-17)30-3/h4-9,12-15H,10-11H2,1-3H3,(H,24,28)(H,23,25,26)/b9-7+. The van der Waals surface area contributed by atoms with Crippen molar-refractivity contribution in [2.45, 2.75) is 6.92 Å². The predicted octanol–water partition coefficient (Wildman–Crippen LogP) is 2.83. The Balaban J connectivity index is 1.49. The third-order valence-corrected chi connectivity index (χ3v) is 4.26. The predicted molar refractivity (Wildman–Crippen MR) is 116 cm³/mol. The van der Waals surface area contributed by atoms with Gasteiger partial charge in [-0.2, -0.15) is 0 Å². The van der Waals surface area contributed by atoms with Crippen molar-refractivity contribution in [2.24, 2.45) is 0 Å². The van der Waals surface area contributed by atoms with Crippen molar-refractivity contribution in [2.75, 3.05) is 32.6 Å². The van der Waals surface area contributed by atoms with E-state index >= 15 is 0 Å². The van der Waals surface area contributed by atoms with Crippen molar-refractivity contribution in [3.8, 4) is 17.3 Å². The molecule has 0 aliphatic carbocycles. The molecule has 0 aliphatic heterocycles. The van der Waals surface area contributed by atoms with Crippen molar-refractivity contribution in [1.29, 1.82) is 0 Å². The lowest BCUT2D eigenvalue weighted by Gasteiger charge is -2.09. The van der Waals surface area contributed by atoms with Gasteiger partial charge in [-0.25, -0.2) is 9.97 Å².